The SMILES string of the molecule is Nc1ccc(-c2nc3c(C(=O)NCCCn4cnc(Cl)c4Cl)ccc(O)c3[nH]2)c(CCN2CCOCC2)c1. The van der Waals surface area contributed by atoms with Crippen LogP contribution in [0.2, 0.25) is 10.3 Å². The zero-order valence-corrected chi connectivity index (χ0v) is 22.2. The van der Waals surface area contributed by atoms with Gasteiger partial charge in [0.1, 0.15) is 27.8 Å². The highest BCUT2D eigenvalue weighted by Crippen LogP contribution is 2.31. The summed E-state index contributed by atoms with van der Waals surface area (Å²) in [5.74, 6) is 0.305. The monoisotopic (exact) mass is 557 g/mol. The maximum atomic E-state index is 13.0. The van der Waals surface area contributed by atoms with Crippen molar-refractivity contribution < 1.29 is 14.6 Å². The van der Waals surface area contributed by atoms with Gasteiger partial charge in [-0.15, -0.1) is 0 Å². The van der Waals surface area contributed by atoms with Crippen LogP contribution in [-0.4, -0.2) is 74.8 Å². The van der Waals surface area contributed by atoms with Crippen molar-refractivity contribution in [3.63, 3.8) is 0 Å². The molecule has 200 valence electrons. The standard InChI is InChI=1S/C26H29Cl2N7O3/c27-23-24(28)35(15-31-23)8-1-7-30-26(37)19-4-5-20(36)22-21(19)32-25(33-22)18-3-2-17(29)14-16(18)6-9-34-10-12-38-13-11-34/h2-5,14-15,36H,1,6-13,29H2,(H,30,37)(H,32,33). The second-order valence-corrected chi connectivity index (χ2v) is 9.91. The number of phenolic OH excluding ortho intramolecular Hbond substituents is 1. The van der Waals surface area contributed by atoms with Crippen LogP contribution in [0.3, 0.4) is 0 Å². The van der Waals surface area contributed by atoms with E-state index in [2.05, 4.69) is 20.2 Å². The Kier molecular flexibility index (Phi) is 8.04. The van der Waals surface area contributed by atoms with E-state index < -0.39 is 0 Å². The number of aryl methyl sites for hydroxylation is 1. The molecule has 10 nitrogen and oxygen atoms in total. The third-order valence-electron chi connectivity index (χ3n) is 6.65. The predicted molar refractivity (Wildman–Crippen MR) is 148 cm³/mol. The highest BCUT2D eigenvalue weighted by molar-refractivity contribution is 6.40. The molecule has 2 aromatic carbocycles. The highest BCUT2D eigenvalue weighted by atomic mass is 35.5. The number of phenols is 1. The molecule has 2 aromatic heterocycles. The molecule has 1 fully saturated rings. The van der Waals surface area contributed by atoms with E-state index in [4.69, 9.17) is 38.7 Å². The minimum Gasteiger partial charge on any atom is -0.506 e. The van der Waals surface area contributed by atoms with Gasteiger partial charge in [0.25, 0.3) is 5.91 Å². The molecule has 0 unspecified atom stereocenters. The van der Waals surface area contributed by atoms with Gasteiger partial charge in [-0.25, -0.2) is 9.97 Å². The number of hydrogen-bond acceptors (Lipinski definition) is 7. The molecule has 12 heteroatoms. The van der Waals surface area contributed by atoms with E-state index in [0.717, 1.165) is 50.4 Å². The zero-order valence-electron chi connectivity index (χ0n) is 20.7. The molecular formula is C26H29Cl2N7O3. The fourth-order valence-corrected chi connectivity index (χ4v) is 4.92. The fourth-order valence-electron chi connectivity index (χ4n) is 4.59. The van der Waals surface area contributed by atoms with Crippen LogP contribution in [0.15, 0.2) is 36.7 Å². The average molecular weight is 558 g/mol. The van der Waals surface area contributed by atoms with Gasteiger partial charge in [-0.05, 0) is 48.7 Å². The van der Waals surface area contributed by atoms with Crippen LogP contribution < -0.4 is 11.1 Å². The van der Waals surface area contributed by atoms with E-state index in [9.17, 15) is 9.90 Å². The zero-order chi connectivity index (χ0) is 26.6. The van der Waals surface area contributed by atoms with Crippen LogP contribution in [-0.2, 0) is 17.7 Å². The number of aromatic nitrogens is 4. The van der Waals surface area contributed by atoms with Crippen LogP contribution in [0.1, 0.15) is 22.3 Å². The van der Waals surface area contributed by atoms with Gasteiger partial charge in [0, 0.05) is 44.0 Å². The van der Waals surface area contributed by atoms with E-state index in [-0.39, 0.29) is 16.8 Å². The Labute approximate surface area is 229 Å². The molecule has 0 saturated carbocycles. The molecule has 1 aliphatic rings. The molecule has 0 bridgehead atoms. The first-order valence-electron chi connectivity index (χ1n) is 12.5. The number of anilines is 1. The number of hydrogen-bond donors (Lipinski definition) is 4. The van der Waals surface area contributed by atoms with E-state index in [0.29, 0.717) is 52.8 Å². The largest absolute Gasteiger partial charge is 0.506 e. The van der Waals surface area contributed by atoms with Gasteiger partial charge < -0.3 is 30.4 Å². The first-order chi connectivity index (χ1) is 18.4. The van der Waals surface area contributed by atoms with Crippen LogP contribution in [0, 0.1) is 0 Å². The third-order valence-corrected chi connectivity index (χ3v) is 7.42. The van der Waals surface area contributed by atoms with Crippen molar-refractivity contribution in [1.82, 2.24) is 29.7 Å². The van der Waals surface area contributed by atoms with Crippen molar-refractivity contribution in [3.8, 4) is 17.1 Å². The molecule has 1 amide bonds. The smallest absolute Gasteiger partial charge is 0.253 e. The Morgan fingerprint density at radius 2 is 2.00 bits per heavy atom. The number of aromatic hydroxyl groups is 1. The van der Waals surface area contributed by atoms with Crippen molar-refractivity contribution in [3.05, 3.63) is 58.1 Å². The number of H-pyrrole nitrogens is 1. The average Bonchev–Trinajstić information content (AvgIpc) is 3.50. The normalized spacial score (nSPS) is 14.3. The van der Waals surface area contributed by atoms with Gasteiger partial charge in [0.2, 0.25) is 0 Å². The summed E-state index contributed by atoms with van der Waals surface area (Å²) in [6.45, 7) is 5.12. The molecule has 1 aliphatic heterocycles. The first kappa shape index (κ1) is 26.3. The van der Waals surface area contributed by atoms with Gasteiger partial charge in [0.05, 0.1) is 25.1 Å². The lowest BCUT2D eigenvalue weighted by Crippen LogP contribution is -2.37. The maximum absolute atomic E-state index is 13.0. The molecule has 0 aliphatic carbocycles. The third kappa shape index (κ3) is 5.73. The lowest BCUT2D eigenvalue weighted by Gasteiger charge is -2.26. The van der Waals surface area contributed by atoms with Gasteiger partial charge in [-0.3, -0.25) is 9.69 Å². The number of benzene rings is 2. The van der Waals surface area contributed by atoms with Crippen LogP contribution in [0.25, 0.3) is 22.4 Å². The number of morpholine rings is 1. The number of amides is 1. The number of ether oxygens (including phenoxy) is 1. The number of imidazole rings is 2. The van der Waals surface area contributed by atoms with Gasteiger partial charge >= 0.3 is 0 Å². The minimum atomic E-state index is -0.285. The number of fused-ring (bicyclic) bond motifs is 1. The Bertz CT molecular complexity index is 1450. The van der Waals surface area contributed by atoms with E-state index in [1.54, 1.807) is 17.0 Å². The van der Waals surface area contributed by atoms with Gasteiger partial charge in [-0.2, -0.15) is 0 Å². The van der Waals surface area contributed by atoms with Crippen molar-refractivity contribution in [2.45, 2.75) is 19.4 Å². The summed E-state index contributed by atoms with van der Waals surface area (Å²) in [5, 5.41) is 14.1. The summed E-state index contributed by atoms with van der Waals surface area (Å²) < 4.78 is 7.17. The summed E-state index contributed by atoms with van der Waals surface area (Å²) in [5.41, 5.74) is 9.87. The number of halogens is 2. The second-order valence-electron chi connectivity index (χ2n) is 9.19. The fraction of sp³-hybridized carbons (Fsp3) is 0.346. The number of aromatic amines is 1. The molecular weight excluding hydrogens is 529 g/mol. The van der Waals surface area contributed by atoms with Crippen molar-refractivity contribution in [1.29, 1.82) is 0 Å². The summed E-state index contributed by atoms with van der Waals surface area (Å²) in [6, 6.07) is 8.78. The molecule has 3 heterocycles. The first-order valence-corrected chi connectivity index (χ1v) is 13.2. The lowest BCUT2D eigenvalue weighted by molar-refractivity contribution is 0.0384. The number of nitrogens with one attached hydrogen (secondary N) is 2. The van der Waals surface area contributed by atoms with E-state index >= 15 is 0 Å². The molecule has 4 aromatic rings. The van der Waals surface area contributed by atoms with Crippen molar-refractivity contribution in [2.75, 3.05) is 45.1 Å². The molecule has 38 heavy (non-hydrogen) atoms. The summed E-state index contributed by atoms with van der Waals surface area (Å²) in [6.07, 6.45) is 2.97. The van der Waals surface area contributed by atoms with Gasteiger partial charge in [0.15, 0.2) is 5.15 Å². The topological polar surface area (TPSA) is 134 Å². The van der Waals surface area contributed by atoms with Crippen molar-refractivity contribution >= 4 is 45.8 Å². The number of nitrogens with zero attached hydrogens (tertiary/aromatic N) is 4. The molecule has 5 N–H and O–H groups in total. The lowest BCUT2D eigenvalue weighted by atomic mass is 10.0. The Morgan fingerprint density at radius 3 is 2.76 bits per heavy atom. The second kappa shape index (κ2) is 11.6. The molecule has 0 spiro atoms. The number of carbonyl (C=O) groups is 1. The number of nitrogens with two attached hydrogens (primary N) is 1. The summed E-state index contributed by atoms with van der Waals surface area (Å²) in [7, 11) is 0. The Hall–Kier alpha value is -3.31. The maximum Gasteiger partial charge on any atom is 0.253 e. The van der Waals surface area contributed by atoms with Crippen molar-refractivity contribution in [2.24, 2.45) is 0 Å². The number of rotatable bonds is 9. The Morgan fingerprint density at radius 1 is 1.18 bits per heavy atom. The van der Waals surface area contributed by atoms with Gasteiger partial charge in [-0.1, -0.05) is 23.2 Å². The summed E-state index contributed by atoms with van der Waals surface area (Å²) in [4.78, 5) is 27.3. The molecule has 0 atom stereocenters. The molecule has 1 saturated heterocycles. The molecule has 5 rings (SSSR count). The van der Waals surface area contributed by atoms with Crippen LogP contribution in [0.4, 0.5) is 5.69 Å². The number of carbonyl (C=O) groups excluding carboxylic acids is 1. The van der Waals surface area contributed by atoms with Crippen LogP contribution >= 0.6 is 23.2 Å². The predicted octanol–water partition coefficient (Wildman–Crippen LogP) is 3.72. The minimum absolute atomic E-state index is 0.0206. The van der Waals surface area contributed by atoms with Crippen LogP contribution in [0.5, 0.6) is 5.75 Å². The summed E-state index contributed by atoms with van der Waals surface area (Å²) >= 11 is 12.0. The number of nitrogen functional groups attached to an aromatic ring is 1. The van der Waals surface area contributed by atoms with E-state index in [1.165, 1.54) is 6.07 Å². The van der Waals surface area contributed by atoms with E-state index in [1.807, 2.05) is 18.2 Å². The highest BCUT2D eigenvalue weighted by Gasteiger charge is 2.19. The molecule has 0 radical (unpaired) electrons. The Balaban J connectivity index is 1.33. The quantitative estimate of drug-likeness (QED) is 0.182.